The lowest BCUT2D eigenvalue weighted by molar-refractivity contribution is 0.0749. The molecule has 0 aliphatic heterocycles. The van der Waals surface area contributed by atoms with Gasteiger partial charge < -0.3 is 4.90 Å². The fraction of sp³-hybridized carbons (Fsp3) is 0.294. The van der Waals surface area contributed by atoms with Crippen molar-refractivity contribution in [3.8, 4) is 0 Å². The zero-order valence-corrected chi connectivity index (χ0v) is 14.1. The van der Waals surface area contributed by atoms with Crippen LogP contribution in [0.3, 0.4) is 0 Å². The lowest BCUT2D eigenvalue weighted by Gasteiger charge is -2.21. The minimum Gasteiger partial charge on any atom is -0.333 e. The molecule has 21 heavy (non-hydrogen) atoms. The summed E-state index contributed by atoms with van der Waals surface area (Å²) in [5, 5.41) is 0. The molecule has 0 fully saturated rings. The molecular weight excluding hydrogens is 328 g/mol. The molecule has 0 spiro atoms. The largest absolute Gasteiger partial charge is 0.333 e. The van der Waals surface area contributed by atoms with Crippen molar-refractivity contribution in [1.29, 1.82) is 0 Å². The Kier molecular flexibility index (Phi) is 5.12. The Hall–Kier alpha value is -1.68. The van der Waals surface area contributed by atoms with Crippen molar-refractivity contribution >= 4 is 21.8 Å². The average Bonchev–Trinajstić information content (AvgIpc) is 2.44. The lowest BCUT2D eigenvalue weighted by atomic mass is 10.1. The first-order valence-electron chi connectivity index (χ1n) is 6.99. The number of carbonyl (C=O) groups excluding carboxylic acids is 1. The van der Waals surface area contributed by atoms with Crippen LogP contribution in [0, 0.1) is 13.8 Å². The Morgan fingerprint density at radius 1 is 1.24 bits per heavy atom. The number of carbonyl (C=O) groups is 1. The van der Waals surface area contributed by atoms with Gasteiger partial charge in [0.05, 0.1) is 17.8 Å². The first kappa shape index (κ1) is 15.7. The molecule has 2 aromatic rings. The molecule has 1 amide bonds. The van der Waals surface area contributed by atoms with E-state index in [-0.39, 0.29) is 5.91 Å². The fourth-order valence-corrected chi connectivity index (χ4v) is 2.84. The van der Waals surface area contributed by atoms with E-state index in [0.29, 0.717) is 18.7 Å². The van der Waals surface area contributed by atoms with Gasteiger partial charge in [-0.15, -0.1) is 0 Å². The normalized spacial score (nSPS) is 10.5. The van der Waals surface area contributed by atoms with E-state index in [9.17, 15) is 4.79 Å². The van der Waals surface area contributed by atoms with Gasteiger partial charge in [-0.1, -0.05) is 12.1 Å². The highest BCUT2D eigenvalue weighted by atomic mass is 79.9. The van der Waals surface area contributed by atoms with E-state index in [1.807, 2.05) is 57.2 Å². The predicted octanol–water partition coefficient (Wildman–Crippen LogP) is 4.12. The molecule has 1 heterocycles. The second kappa shape index (κ2) is 6.85. The predicted molar refractivity (Wildman–Crippen MR) is 88.3 cm³/mol. The first-order chi connectivity index (χ1) is 10.0. The minimum atomic E-state index is 0.0210. The molecule has 0 saturated heterocycles. The van der Waals surface area contributed by atoms with Crippen LogP contribution in [0.4, 0.5) is 0 Å². The summed E-state index contributed by atoms with van der Waals surface area (Å²) in [7, 11) is 0. The summed E-state index contributed by atoms with van der Waals surface area (Å²) in [6.07, 6.45) is 0. The molecule has 2 rings (SSSR count). The van der Waals surface area contributed by atoms with E-state index < -0.39 is 0 Å². The van der Waals surface area contributed by atoms with Crippen LogP contribution in [0.5, 0.6) is 0 Å². The van der Waals surface area contributed by atoms with Crippen LogP contribution >= 0.6 is 15.9 Å². The molecule has 1 aromatic heterocycles. The molecule has 0 radical (unpaired) electrons. The van der Waals surface area contributed by atoms with Crippen LogP contribution in [0.25, 0.3) is 0 Å². The average molecular weight is 347 g/mol. The van der Waals surface area contributed by atoms with E-state index in [0.717, 1.165) is 21.4 Å². The van der Waals surface area contributed by atoms with E-state index in [4.69, 9.17) is 0 Å². The lowest BCUT2D eigenvalue weighted by Crippen LogP contribution is -2.31. The molecule has 3 nitrogen and oxygen atoms in total. The summed E-state index contributed by atoms with van der Waals surface area (Å²) in [6.45, 7) is 7.12. The van der Waals surface area contributed by atoms with Gasteiger partial charge >= 0.3 is 0 Å². The number of nitrogens with zero attached hydrogens (tertiary/aromatic N) is 2. The number of amides is 1. The van der Waals surface area contributed by atoms with Gasteiger partial charge in [-0.2, -0.15) is 0 Å². The van der Waals surface area contributed by atoms with E-state index in [1.54, 1.807) is 4.90 Å². The number of hydrogen-bond acceptors (Lipinski definition) is 2. The Morgan fingerprint density at radius 2 is 2.00 bits per heavy atom. The number of halogens is 1. The first-order valence-corrected chi connectivity index (χ1v) is 7.78. The Bertz CT molecular complexity index is 655. The van der Waals surface area contributed by atoms with Gasteiger partial charge in [0.15, 0.2) is 0 Å². The van der Waals surface area contributed by atoms with Gasteiger partial charge in [0.2, 0.25) is 0 Å². The van der Waals surface area contributed by atoms with Crippen molar-refractivity contribution in [1.82, 2.24) is 9.88 Å². The van der Waals surface area contributed by atoms with Crippen molar-refractivity contribution < 1.29 is 4.79 Å². The highest BCUT2D eigenvalue weighted by Crippen LogP contribution is 2.20. The highest BCUT2D eigenvalue weighted by molar-refractivity contribution is 9.10. The fourth-order valence-electron chi connectivity index (χ4n) is 2.17. The SMILES string of the molecule is CCN(Cc1cccc(C)n1)C(=O)c1ccc(C)cc1Br. The summed E-state index contributed by atoms with van der Waals surface area (Å²) >= 11 is 3.48. The van der Waals surface area contributed by atoms with Crippen molar-refractivity contribution in [2.24, 2.45) is 0 Å². The zero-order chi connectivity index (χ0) is 15.4. The Balaban J connectivity index is 2.22. The maximum atomic E-state index is 12.7. The van der Waals surface area contributed by atoms with Crippen LogP contribution in [0.2, 0.25) is 0 Å². The minimum absolute atomic E-state index is 0.0210. The molecule has 0 aliphatic rings. The topological polar surface area (TPSA) is 33.2 Å². The van der Waals surface area contributed by atoms with Crippen molar-refractivity contribution in [3.63, 3.8) is 0 Å². The highest BCUT2D eigenvalue weighted by Gasteiger charge is 2.17. The third-order valence-corrected chi connectivity index (χ3v) is 3.98. The summed E-state index contributed by atoms with van der Waals surface area (Å²) < 4.78 is 0.836. The van der Waals surface area contributed by atoms with Gasteiger partial charge in [-0.25, -0.2) is 0 Å². The maximum Gasteiger partial charge on any atom is 0.255 e. The summed E-state index contributed by atoms with van der Waals surface area (Å²) in [4.78, 5) is 18.9. The summed E-state index contributed by atoms with van der Waals surface area (Å²) in [5.41, 5.74) is 3.69. The van der Waals surface area contributed by atoms with Crippen molar-refractivity contribution in [3.05, 3.63) is 63.4 Å². The van der Waals surface area contributed by atoms with Crippen LogP contribution in [-0.2, 0) is 6.54 Å². The molecule has 0 aliphatic carbocycles. The van der Waals surface area contributed by atoms with Gasteiger partial charge in [-0.3, -0.25) is 9.78 Å². The quantitative estimate of drug-likeness (QED) is 0.833. The second-order valence-electron chi connectivity index (χ2n) is 5.07. The molecular formula is C17H19BrN2O. The third-order valence-electron chi connectivity index (χ3n) is 3.32. The monoisotopic (exact) mass is 346 g/mol. The number of aryl methyl sites for hydroxylation is 2. The number of benzene rings is 1. The molecule has 110 valence electrons. The number of hydrogen-bond donors (Lipinski definition) is 0. The van der Waals surface area contributed by atoms with Crippen molar-refractivity contribution in [2.45, 2.75) is 27.3 Å². The van der Waals surface area contributed by atoms with Gasteiger partial charge in [0.1, 0.15) is 0 Å². The molecule has 1 aromatic carbocycles. The Morgan fingerprint density at radius 3 is 2.62 bits per heavy atom. The molecule has 0 atom stereocenters. The third kappa shape index (κ3) is 3.91. The molecule has 0 bridgehead atoms. The summed E-state index contributed by atoms with van der Waals surface area (Å²) in [5.74, 6) is 0.0210. The van der Waals surface area contributed by atoms with Crippen LogP contribution in [-0.4, -0.2) is 22.3 Å². The summed E-state index contributed by atoms with van der Waals surface area (Å²) in [6, 6.07) is 11.7. The zero-order valence-electron chi connectivity index (χ0n) is 12.6. The second-order valence-corrected chi connectivity index (χ2v) is 5.93. The van der Waals surface area contributed by atoms with E-state index in [2.05, 4.69) is 20.9 Å². The Labute approximate surface area is 134 Å². The maximum absolute atomic E-state index is 12.7. The van der Waals surface area contributed by atoms with Crippen molar-refractivity contribution in [2.75, 3.05) is 6.54 Å². The van der Waals surface area contributed by atoms with Crippen LogP contribution < -0.4 is 0 Å². The molecule has 0 saturated carbocycles. The number of pyridine rings is 1. The standard InChI is InChI=1S/C17H19BrN2O/c1-4-20(11-14-7-5-6-13(3)19-14)17(21)15-9-8-12(2)10-16(15)18/h5-10H,4,11H2,1-3H3. The molecule has 0 N–H and O–H groups in total. The molecule has 4 heteroatoms. The number of rotatable bonds is 4. The van der Waals surface area contributed by atoms with Gasteiger partial charge in [-0.05, 0) is 66.5 Å². The molecule has 0 unspecified atom stereocenters. The van der Waals surface area contributed by atoms with E-state index in [1.165, 1.54) is 0 Å². The van der Waals surface area contributed by atoms with Gasteiger partial charge in [0.25, 0.3) is 5.91 Å². The van der Waals surface area contributed by atoms with Crippen LogP contribution in [0.1, 0.15) is 34.2 Å². The van der Waals surface area contributed by atoms with Crippen LogP contribution in [0.15, 0.2) is 40.9 Å². The smallest absolute Gasteiger partial charge is 0.255 e. The van der Waals surface area contributed by atoms with E-state index >= 15 is 0 Å². The number of aromatic nitrogens is 1. The van der Waals surface area contributed by atoms with Gasteiger partial charge in [0, 0.05) is 16.7 Å².